The quantitative estimate of drug-likeness (QED) is 0.0810. The van der Waals surface area contributed by atoms with Gasteiger partial charge in [0.25, 0.3) is 0 Å². The molecule has 0 saturated heterocycles. The van der Waals surface area contributed by atoms with Crippen LogP contribution in [0.1, 0.15) is 112 Å². The van der Waals surface area contributed by atoms with Gasteiger partial charge in [-0.15, -0.1) is 0 Å². The summed E-state index contributed by atoms with van der Waals surface area (Å²) in [5, 5.41) is 8.64. The molecule has 0 radical (unpaired) electrons. The summed E-state index contributed by atoms with van der Waals surface area (Å²) < 4.78 is 45.6. The van der Waals surface area contributed by atoms with Crippen LogP contribution in [0.4, 0.5) is 0 Å². The zero-order valence-electron chi connectivity index (χ0n) is 28.9. The number of hydrogen-bond donors (Lipinski definition) is 1. The molecule has 5 unspecified atom stereocenters. The first-order valence-corrected chi connectivity index (χ1v) is 17.3. The van der Waals surface area contributed by atoms with E-state index in [9.17, 15) is 0 Å². The van der Waals surface area contributed by atoms with Gasteiger partial charge in [-0.1, -0.05) is 71.1 Å². The van der Waals surface area contributed by atoms with Crippen molar-refractivity contribution in [3.63, 3.8) is 0 Å². The molecule has 0 saturated carbocycles. The lowest BCUT2D eigenvalue weighted by Gasteiger charge is -2.22. The van der Waals surface area contributed by atoms with E-state index in [1.165, 1.54) is 64.2 Å². The van der Waals surface area contributed by atoms with Crippen LogP contribution in [0, 0.1) is 0 Å². The highest BCUT2D eigenvalue weighted by Gasteiger charge is 2.13. The Balaban J connectivity index is 3.58. The van der Waals surface area contributed by atoms with E-state index in [1.54, 1.807) is 0 Å². The molecule has 0 aromatic carbocycles. The normalized spacial score (nSPS) is 15.4. The predicted molar refractivity (Wildman–Crippen MR) is 173 cm³/mol. The number of aliphatic hydroxyl groups is 1. The minimum Gasteiger partial charge on any atom is -0.394 e. The molecule has 0 rings (SSSR count). The first-order chi connectivity index (χ1) is 20.9. The second-order valence-electron chi connectivity index (χ2n) is 11.8. The van der Waals surface area contributed by atoms with Crippen LogP contribution in [-0.4, -0.2) is 115 Å². The fraction of sp³-hybridized carbons (Fsp3) is 1.00. The standard InChI is InChI=1S/C34H70O9/c1-7-8-9-10-11-12-13-14-15-16-17-19-38-25-30(2)40-27-32(4)42-29-34(6)43-28-33(5)41-26-31(3)39-24-23-37-22-21-36-20-18-35/h30-35H,7-29H2,1-6H3. The van der Waals surface area contributed by atoms with Crippen molar-refractivity contribution in [1.82, 2.24) is 0 Å². The lowest BCUT2D eigenvalue weighted by Crippen LogP contribution is -2.29. The monoisotopic (exact) mass is 623 g/mol. The average molecular weight is 623 g/mol. The summed E-state index contributed by atoms with van der Waals surface area (Å²) >= 11 is 0. The van der Waals surface area contributed by atoms with Crippen molar-refractivity contribution in [2.24, 2.45) is 0 Å². The van der Waals surface area contributed by atoms with Crippen LogP contribution in [0.2, 0.25) is 0 Å². The minimum atomic E-state index is -0.0415. The molecule has 0 aliphatic rings. The van der Waals surface area contributed by atoms with E-state index in [0.717, 1.165) is 13.0 Å². The molecule has 0 bridgehead atoms. The molecule has 0 aromatic rings. The molecule has 43 heavy (non-hydrogen) atoms. The molecular formula is C34H70O9. The van der Waals surface area contributed by atoms with Crippen molar-refractivity contribution in [2.75, 3.05) is 79.3 Å². The second-order valence-corrected chi connectivity index (χ2v) is 11.8. The Labute approximate surface area is 264 Å². The first kappa shape index (κ1) is 42.6. The number of aliphatic hydroxyl groups excluding tert-OH is 1. The van der Waals surface area contributed by atoms with E-state index in [1.807, 2.05) is 27.7 Å². The van der Waals surface area contributed by atoms with Crippen molar-refractivity contribution in [1.29, 1.82) is 0 Å². The summed E-state index contributed by atoms with van der Waals surface area (Å²) in [6.07, 6.45) is 14.8. The Kier molecular flexibility index (Phi) is 32.7. The van der Waals surface area contributed by atoms with Crippen LogP contribution in [0.3, 0.4) is 0 Å². The fourth-order valence-corrected chi connectivity index (χ4v) is 4.25. The summed E-state index contributed by atoms with van der Waals surface area (Å²) in [5.41, 5.74) is 0. The molecule has 0 fully saturated rings. The summed E-state index contributed by atoms with van der Waals surface area (Å²) in [6.45, 7) is 18.1. The molecule has 260 valence electrons. The highest BCUT2D eigenvalue weighted by Crippen LogP contribution is 2.11. The van der Waals surface area contributed by atoms with Gasteiger partial charge < -0.3 is 43.0 Å². The molecule has 0 aliphatic heterocycles. The maximum Gasteiger partial charge on any atom is 0.0781 e. The Morgan fingerprint density at radius 1 is 0.372 bits per heavy atom. The maximum atomic E-state index is 8.64. The van der Waals surface area contributed by atoms with E-state index < -0.39 is 0 Å². The number of rotatable bonds is 35. The third kappa shape index (κ3) is 32.8. The highest BCUT2D eigenvalue weighted by molar-refractivity contribution is 4.58. The van der Waals surface area contributed by atoms with Crippen LogP contribution in [0.5, 0.6) is 0 Å². The van der Waals surface area contributed by atoms with Gasteiger partial charge in [-0.2, -0.15) is 0 Å². The van der Waals surface area contributed by atoms with Crippen molar-refractivity contribution < 1.29 is 43.0 Å². The number of hydrogen-bond acceptors (Lipinski definition) is 9. The molecule has 5 atom stereocenters. The molecule has 0 amide bonds. The highest BCUT2D eigenvalue weighted by atomic mass is 16.6. The third-order valence-electron chi connectivity index (χ3n) is 6.94. The first-order valence-electron chi connectivity index (χ1n) is 17.3. The van der Waals surface area contributed by atoms with E-state index in [2.05, 4.69) is 13.8 Å². The van der Waals surface area contributed by atoms with Crippen molar-refractivity contribution >= 4 is 0 Å². The molecule has 0 aromatic heterocycles. The van der Waals surface area contributed by atoms with Gasteiger partial charge in [0, 0.05) is 6.61 Å². The zero-order chi connectivity index (χ0) is 31.8. The van der Waals surface area contributed by atoms with Gasteiger partial charge in [0.05, 0.1) is 103 Å². The number of ether oxygens (including phenoxy) is 8. The molecular weight excluding hydrogens is 552 g/mol. The maximum absolute atomic E-state index is 8.64. The Hall–Kier alpha value is -0.360. The van der Waals surface area contributed by atoms with Gasteiger partial charge in [-0.25, -0.2) is 0 Å². The van der Waals surface area contributed by atoms with E-state index >= 15 is 0 Å². The molecule has 0 aliphatic carbocycles. The SMILES string of the molecule is CCCCCCCCCCCCCOCC(C)OCC(C)OCC(C)OCC(C)OCC(C)OCCOCCOCCO. The lowest BCUT2D eigenvalue weighted by molar-refractivity contribution is -0.101. The topological polar surface area (TPSA) is 94.1 Å². The van der Waals surface area contributed by atoms with Crippen molar-refractivity contribution in [3.8, 4) is 0 Å². The Morgan fingerprint density at radius 2 is 0.744 bits per heavy atom. The zero-order valence-corrected chi connectivity index (χ0v) is 28.9. The lowest BCUT2D eigenvalue weighted by atomic mass is 10.1. The van der Waals surface area contributed by atoms with Crippen LogP contribution >= 0.6 is 0 Å². The van der Waals surface area contributed by atoms with Gasteiger partial charge in [0.15, 0.2) is 0 Å². The molecule has 9 heteroatoms. The van der Waals surface area contributed by atoms with Gasteiger partial charge in [-0.05, 0) is 41.0 Å². The van der Waals surface area contributed by atoms with E-state index in [4.69, 9.17) is 43.0 Å². The summed E-state index contributed by atoms with van der Waals surface area (Å²) in [7, 11) is 0. The summed E-state index contributed by atoms with van der Waals surface area (Å²) in [6, 6.07) is 0. The predicted octanol–water partition coefficient (Wildman–Crippen LogP) is 6.37. The van der Waals surface area contributed by atoms with Crippen molar-refractivity contribution in [3.05, 3.63) is 0 Å². The smallest absolute Gasteiger partial charge is 0.0781 e. The molecule has 9 nitrogen and oxygen atoms in total. The van der Waals surface area contributed by atoms with Crippen LogP contribution in [0.15, 0.2) is 0 Å². The largest absolute Gasteiger partial charge is 0.394 e. The van der Waals surface area contributed by atoms with E-state index in [0.29, 0.717) is 66.1 Å². The molecule has 0 heterocycles. The Morgan fingerprint density at radius 3 is 1.21 bits per heavy atom. The summed E-state index contributed by atoms with van der Waals surface area (Å²) in [4.78, 5) is 0. The van der Waals surface area contributed by atoms with Crippen LogP contribution in [-0.2, 0) is 37.9 Å². The number of unbranched alkanes of at least 4 members (excludes halogenated alkanes) is 10. The van der Waals surface area contributed by atoms with Gasteiger partial charge in [0.1, 0.15) is 0 Å². The van der Waals surface area contributed by atoms with Gasteiger partial charge >= 0.3 is 0 Å². The summed E-state index contributed by atoms with van der Waals surface area (Å²) in [5.74, 6) is 0. The third-order valence-corrected chi connectivity index (χ3v) is 6.94. The van der Waals surface area contributed by atoms with Crippen LogP contribution in [0.25, 0.3) is 0 Å². The minimum absolute atomic E-state index is 0.0103. The molecule has 1 N–H and O–H groups in total. The Bertz CT molecular complexity index is 540. The van der Waals surface area contributed by atoms with Crippen molar-refractivity contribution in [2.45, 2.75) is 143 Å². The fourth-order valence-electron chi connectivity index (χ4n) is 4.25. The second kappa shape index (κ2) is 33.0. The van der Waals surface area contributed by atoms with Crippen LogP contribution < -0.4 is 0 Å². The van der Waals surface area contributed by atoms with Gasteiger partial charge in [0.2, 0.25) is 0 Å². The average Bonchev–Trinajstić information content (AvgIpc) is 3.00. The molecule has 0 spiro atoms. The van der Waals surface area contributed by atoms with Gasteiger partial charge in [-0.3, -0.25) is 0 Å². The van der Waals surface area contributed by atoms with E-state index in [-0.39, 0.29) is 37.1 Å².